The summed E-state index contributed by atoms with van der Waals surface area (Å²) in [5, 5.41) is 8.81. The van der Waals surface area contributed by atoms with Crippen LogP contribution in [0.4, 0.5) is 0 Å². The lowest BCUT2D eigenvalue weighted by Crippen LogP contribution is -2.00. The van der Waals surface area contributed by atoms with Crippen LogP contribution in [0.25, 0.3) is 0 Å². The van der Waals surface area contributed by atoms with Gasteiger partial charge in [-0.25, -0.2) is 0 Å². The fourth-order valence-corrected chi connectivity index (χ4v) is 2.63. The zero-order chi connectivity index (χ0) is 14.2. The third-order valence-corrected chi connectivity index (χ3v) is 3.80. The average Bonchev–Trinajstić information content (AvgIpc) is 2.47. The van der Waals surface area contributed by atoms with Gasteiger partial charge in [0.2, 0.25) is 0 Å². The number of thioether (sulfide) groups is 1. The molecular weight excluding hydrogens is 266 g/mol. The molecule has 0 bridgehead atoms. The summed E-state index contributed by atoms with van der Waals surface area (Å²) in [5.41, 5.74) is 3.28. The summed E-state index contributed by atoms with van der Waals surface area (Å²) < 4.78 is 5.64. The number of aryl methyl sites for hydroxylation is 1. The Hall–Kier alpha value is -1.92. The first-order chi connectivity index (χ1) is 9.78. The van der Waals surface area contributed by atoms with E-state index in [1.54, 1.807) is 12.1 Å². The largest absolute Gasteiger partial charge is 0.493 e. The zero-order valence-electron chi connectivity index (χ0n) is 11.5. The number of nitriles is 1. The van der Waals surface area contributed by atoms with Crippen LogP contribution in [0.5, 0.6) is 5.75 Å². The number of hydrogen-bond acceptors (Lipinski definition) is 3. The lowest BCUT2D eigenvalue weighted by Gasteiger charge is -2.06. The summed E-state index contributed by atoms with van der Waals surface area (Å²) in [4.78, 5) is 0. The van der Waals surface area contributed by atoms with Gasteiger partial charge < -0.3 is 4.74 Å². The van der Waals surface area contributed by atoms with Crippen LogP contribution in [-0.4, -0.2) is 12.4 Å². The number of rotatable bonds is 6. The maximum Gasteiger partial charge on any atom is 0.120 e. The van der Waals surface area contributed by atoms with Gasteiger partial charge in [0.15, 0.2) is 0 Å². The maximum atomic E-state index is 8.81. The van der Waals surface area contributed by atoms with Crippen molar-refractivity contribution in [1.82, 2.24) is 0 Å². The molecule has 0 saturated heterocycles. The van der Waals surface area contributed by atoms with Crippen molar-refractivity contribution < 1.29 is 4.74 Å². The fourth-order valence-electron chi connectivity index (χ4n) is 1.87. The molecule has 0 radical (unpaired) electrons. The first-order valence-electron chi connectivity index (χ1n) is 6.54. The van der Waals surface area contributed by atoms with Gasteiger partial charge in [-0.3, -0.25) is 0 Å². The number of ether oxygens (including phenoxy) is 1. The minimum absolute atomic E-state index is 0.634. The van der Waals surface area contributed by atoms with Crippen LogP contribution in [0.2, 0.25) is 0 Å². The van der Waals surface area contributed by atoms with Crippen molar-refractivity contribution in [3.8, 4) is 11.8 Å². The highest BCUT2D eigenvalue weighted by Gasteiger charge is 1.97. The van der Waals surface area contributed by atoms with Crippen molar-refractivity contribution in [3.05, 3.63) is 65.2 Å². The van der Waals surface area contributed by atoms with Crippen LogP contribution in [0, 0.1) is 18.3 Å². The lowest BCUT2D eigenvalue weighted by atomic mass is 10.2. The molecule has 0 unspecified atom stereocenters. The second-order valence-corrected chi connectivity index (χ2v) is 5.63. The zero-order valence-corrected chi connectivity index (χ0v) is 12.3. The number of benzene rings is 2. The Labute approximate surface area is 124 Å². The Balaban J connectivity index is 1.70. The summed E-state index contributed by atoms with van der Waals surface area (Å²) in [6.45, 7) is 2.77. The normalized spacial score (nSPS) is 10.0. The minimum Gasteiger partial charge on any atom is -0.493 e. The minimum atomic E-state index is 0.634. The van der Waals surface area contributed by atoms with E-state index in [1.165, 1.54) is 11.1 Å². The number of nitrogens with zero attached hydrogens (tertiary/aromatic N) is 1. The highest BCUT2D eigenvalue weighted by Crippen LogP contribution is 2.15. The van der Waals surface area contributed by atoms with Gasteiger partial charge in [-0.1, -0.05) is 35.9 Å². The van der Waals surface area contributed by atoms with Crippen LogP contribution >= 0.6 is 11.8 Å². The number of hydrogen-bond donors (Lipinski definition) is 0. The summed E-state index contributed by atoms with van der Waals surface area (Å²) in [5.74, 6) is 2.70. The maximum absolute atomic E-state index is 8.81. The Morgan fingerprint density at radius 2 is 2.00 bits per heavy atom. The highest BCUT2D eigenvalue weighted by molar-refractivity contribution is 7.98. The standard InChI is InChI=1S/C17H17NOS/c1-14-4-2-6-16(10-14)13-20-9-8-19-17-7-3-5-15(11-17)12-18/h2-7,10-11H,8-9,13H2,1H3. The smallest absolute Gasteiger partial charge is 0.120 e. The van der Waals surface area contributed by atoms with Crippen LogP contribution in [-0.2, 0) is 5.75 Å². The second kappa shape index (κ2) is 7.62. The molecule has 2 aromatic rings. The Morgan fingerprint density at radius 1 is 1.15 bits per heavy atom. The molecule has 20 heavy (non-hydrogen) atoms. The van der Waals surface area contributed by atoms with E-state index in [9.17, 15) is 0 Å². The molecule has 0 saturated carbocycles. The molecule has 2 rings (SSSR count). The molecule has 0 aliphatic heterocycles. The van der Waals surface area contributed by atoms with Gasteiger partial charge >= 0.3 is 0 Å². The van der Waals surface area contributed by atoms with E-state index >= 15 is 0 Å². The highest BCUT2D eigenvalue weighted by atomic mass is 32.2. The van der Waals surface area contributed by atoms with Crippen molar-refractivity contribution in [2.24, 2.45) is 0 Å². The van der Waals surface area contributed by atoms with E-state index < -0.39 is 0 Å². The van der Waals surface area contributed by atoms with Gasteiger partial charge in [0.05, 0.1) is 18.2 Å². The third-order valence-electron chi connectivity index (χ3n) is 2.81. The van der Waals surface area contributed by atoms with Crippen molar-refractivity contribution >= 4 is 11.8 Å². The molecule has 0 heterocycles. The molecule has 0 aliphatic carbocycles. The first-order valence-corrected chi connectivity index (χ1v) is 7.69. The van der Waals surface area contributed by atoms with Gasteiger partial charge in [-0.2, -0.15) is 17.0 Å². The van der Waals surface area contributed by atoms with Crippen molar-refractivity contribution in [2.75, 3.05) is 12.4 Å². The van der Waals surface area contributed by atoms with Crippen LogP contribution in [0.3, 0.4) is 0 Å². The summed E-state index contributed by atoms with van der Waals surface area (Å²) in [6, 6.07) is 17.9. The molecule has 0 atom stereocenters. The third kappa shape index (κ3) is 4.64. The van der Waals surface area contributed by atoms with E-state index in [-0.39, 0.29) is 0 Å². The van der Waals surface area contributed by atoms with Crippen LogP contribution in [0.1, 0.15) is 16.7 Å². The summed E-state index contributed by atoms with van der Waals surface area (Å²) in [6.07, 6.45) is 0. The van der Waals surface area contributed by atoms with Crippen molar-refractivity contribution in [1.29, 1.82) is 5.26 Å². The monoisotopic (exact) mass is 283 g/mol. The lowest BCUT2D eigenvalue weighted by molar-refractivity contribution is 0.344. The van der Waals surface area contributed by atoms with Crippen molar-refractivity contribution in [2.45, 2.75) is 12.7 Å². The molecular formula is C17H17NOS. The summed E-state index contributed by atoms with van der Waals surface area (Å²) in [7, 11) is 0. The van der Waals surface area contributed by atoms with Gasteiger partial charge in [0.25, 0.3) is 0 Å². The summed E-state index contributed by atoms with van der Waals surface area (Å²) >= 11 is 1.85. The fraction of sp³-hybridized carbons (Fsp3) is 0.235. The van der Waals surface area contributed by atoms with Gasteiger partial charge in [-0.15, -0.1) is 0 Å². The quantitative estimate of drug-likeness (QED) is 0.746. The molecule has 0 aliphatic rings. The van der Waals surface area contributed by atoms with Crippen molar-refractivity contribution in [3.63, 3.8) is 0 Å². The Morgan fingerprint density at radius 3 is 2.80 bits per heavy atom. The molecule has 2 aromatic carbocycles. The molecule has 2 nitrogen and oxygen atoms in total. The molecule has 0 aromatic heterocycles. The van der Waals surface area contributed by atoms with Crippen LogP contribution in [0.15, 0.2) is 48.5 Å². The van der Waals surface area contributed by atoms with E-state index in [1.807, 2.05) is 23.9 Å². The molecule has 0 spiro atoms. The molecule has 0 amide bonds. The van der Waals surface area contributed by atoms with Gasteiger partial charge in [0.1, 0.15) is 5.75 Å². The first kappa shape index (κ1) is 14.5. The molecule has 102 valence electrons. The SMILES string of the molecule is Cc1cccc(CSCCOc2cccc(C#N)c2)c1. The van der Waals surface area contributed by atoms with Crippen LogP contribution < -0.4 is 4.74 Å². The van der Waals surface area contributed by atoms with E-state index in [2.05, 4.69) is 37.3 Å². The topological polar surface area (TPSA) is 33.0 Å². The Bertz CT molecular complexity index is 604. The average molecular weight is 283 g/mol. The predicted molar refractivity (Wildman–Crippen MR) is 84.0 cm³/mol. The van der Waals surface area contributed by atoms with E-state index in [0.29, 0.717) is 12.2 Å². The second-order valence-electron chi connectivity index (χ2n) is 4.53. The molecule has 0 fully saturated rings. The Kier molecular flexibility index (Phi) is 5.52. The van der Waals surface area contributed by atoms with E-state index in [4.69, 9.17) is 10.00 Å². The molecule has 0 N–H and O–H groups in total. The van der Waals surface area contributed by atoms with Gasteiger partial charge in [0, 0.05) is 11.5 Å². The predicted octanol–water partition coefficient (Wildman–Crippen LogP) is 4.18. The van der Waals surface area contributed by atoms with Gasteiger partial charge in [-0.05, 0) is 30.7 Å². The molecule has 3 heteroatoms. The van der Waals surface area contributed by atoms with E-state index in [0.717, 1.165) is 17.3 Å².